The number of aryl methyl sites for hydroxylation is 1. The molecule has 1 amide bonds. The van der Waals surface area contributed by atoms with Crippen molar-refractivity contribution in [2.75, 3.05) is 31.9 Å². The summed E-state index contributed by atoms with van der Waals surface area (Å²) < 4.78 is 12.7. The van der Waals surface area contributed by atoms with Crippen molar-refractivity contribution >= 4 is 17.4 Å². The second-order valence-electron chi connectivity index (χ2n) is 8.99. The van der Waals surface area contributed by atoms with Crippen molar-refractivity contribution in [1.82, 2.24) is 35.5 Å². The summed E-state index contributed by atoms with van der Waals surface area (Å²) in [6.07, 6.45) is 3.63. The van der Waals surface area contributed by atoms with Gasteiger partial charge in [0.25, 0.3) is 0 Å². The number of aromatic nitrogens is 4. The topological polar surface area (TPSA) is 130 Å². The molecule has 12 nitrogen and oxygen atoms in total. The average molecular weight is 494 g/mol. The molecule has 0 spiro atoms. The Labute approximate surface area is 209 Å². The van der Waals surface area contributed by atoms with Crippen LogP contribution in [0.15, 0.2) is 42.9 Å². The van der Waals surface area contributed by atoms with Crippen LogP contribution in [0.3, 0.4) is 0 Å². The highest BCUT2D eigenvalue weighted by Crippen LogP contribution is 2.37. The number of anilines is 2. The van der Waals surface area contributed by atoms with E-state index in [0.29, 0.717) is 24.6 Å². The molecule has 2 aliphatic heterocycles. The molecule has 2 saturated heterocycles. The van der Waals surface area contributed by atoms with Crippen LogP contribution in [-0.4, -0.2) is 70.3 Å². The maximum atomic E-state index is 13.1. The van der Waals surface area contributed by atoms with Gasteiger partial charge in [-0.25, -0.2) is 15.4 Å². The number of nitrogens with zero attached hydrogens (tertiary/aromatic N) is 5. The molecule has 190 valence electrons. The van der Waals surface area contributed by atoms with E-state index in [1.54, 1.807) is 43.5 Å². The van der Waals surface area contributed by atoms with Crippen LogP contribution in [-0.2, 0) is 23.2 Å². The van der Waals surface area contributed by atoms with Gasteiger partial charge in [-0.2, -0.15) is 5.10 Å². The summed E-state index contributed by atoms with van der Waals surface area (Å²) in [5.41, 5.74) is 5.81. The number of hydrogen-bond donors (Lipinski definition) is 4. The van der Waals surface area contributed by atoms with Gasteiger partial charge in [-0.1, -0.05) is 6.07 Å². The van der Waals surface area contributed by atoms with Crippen molar-refractivity contribution in [3.63, 3.8) is 0 Å². The quantitative estimate of drug-likeness (QED) is 0.363. The number of hydrogen-bond acceptors (Lipinski definition) is 10. The van der Waals surface area contributed by atoms with Gasteiger partial charge in [-0.05, 0) is 29.8 Å². The molecule has 2 fully saturated rings. The summed E-state index contributed by atoms with van der Waals surface area (Å²) >= 11 is 0. The second kappa shape index (κ2) is 10.1. The number of amides is 1. The Morgan fingerprint density at radius 2 is 2.03 bits per heavy atom. The van der Waals surface area contributed by atoms with Crippen LogP contribution in [0, 0.1) is 5.92 Å². The maximum Gasteiger partial charge on any atom is 0.244 e. The smallest absolute Gasteiger partial charge is 0.244 e. The summed E-state index contributed by atoms with van der Waals surface area (Å²) in [6.45, 7) is 0.506. The Kier molecular flexibility index (Phi) is 6.72. The molecule has 4 N–H and O–H groups in total. The Hall–Kier alpha value is -3.74. The number of piperidine rings is 1. The molecule has 0 bridgehead atoms. The number of hydrazine groups is 1. The van der Waals surface area contributed by atoms with Gasteiger partial charge in [0.15, 0.2) is 11.6 Å². The molecule has 0 saturated carbocycles. The van der Waals surface area contributed by atoms with E-state index in [2.05, 4.69) is 36.4 Å². The number of methoxy groups -OCH3 is 2. The van der Waals surface area contributed by atoms with Gasteiger partial charge < -0.3 is 20.1 Å². The first-order chi connectivity index (χ1) is 17.5. The molecule has 5 rings (SSSR count). The summed E-state index contributed by atoms with van der Waals surface area (Å²) in [5.74, 6) is 1.63. The van der Waals surface area contributed by atoms with Crippen LogP contribution < -0.4 is 26.1 Å². The minimum atomic E-state index is -0.317. The van der Waals surface area contributed by atoms with Gasteiger partial charge in [0.2, 0.25) is 5.91 Å². The van der Waals surface area contributed by atoms with Crippen molar-refractivity contribution in [2.24, 2.45) is 13.0 Å². The number of pyridine rings is 1. The van der Waals surface area contributed by atoms with E-state index in [9.17, 15) is 4.79 Å². The molecule has 2 aromatic heterocycles. The van der Waals surface area contributed by atoms with Gasteiger partial charge in [-0.15, -0.1) is 0 Å². The summed E-state index contributed by atoms with van der Waals surface area (Å²) in [5, 5.41) is 16.5. The van der Waals surface area contributed by atoms with Crippen molar-refractivity contribution in [1.29, 1.82) is 0 Å². The number of rotatable bonds is 8. The van der Waals surface area contributed by atoms with E-state index in [1.165, 1.54) is 0 Å². The highest BCUT2D eigenvalue weighted by Gasteiger charge is 2.48. The monoisotopic (exact) mass is 493 g/mol. The van der Waals surface area contributed by atoms with Crippen LogP contribution in [0.25, 0.3) is 11.4 Å². The molecule has 4 atom stereocenters. The zero-order chi connectivity index (χ0) is 25.2. The Morgan fingerprint density at radius 1 is 1.17 bits per heavy atom. The fraction of sp³-hybridized carbons (Fsp3) is 0.417. The van der Waals surface area contributed by atoms with Crippen LogP contribution in [0.4, 0.5) is 11.5 Å². The van der Waals surface area contributed by atoms with E-state index < -0.39 is 0 Å². The normalized spacial score (nSPS) is 23.4. The Bertz CT molecular complexity index is 1230. The standard InChI is InChI=1S/C24H31N9O3/c1-32-13-26-22(30-32)15-6-5-7-16(21(15)36-4)27-17-11-19(29-23-20(17)24(34)33(2)31-23)28-18-10-14(12-35-3)8-9-25-18/h5-10,13,17,19-20,23,27,29,31H,11-12H2,1-4H3,(H,25,28). The first-order valence-corrected chi connectivity index (χ1v) is 11.8. The first kappa shape index (κ1) is 24.0. The molecule has 1 aromatic carbocycles. The lowest BCUT2D eigenvalue weighted by atomic mass is 9.88. The zero-order valence-electron chi connectivity index (χ0n) is 20.7. The lowest BCUT2D eigenvalue weighted by Gasteiger charge is -2.39. The van der Waals surface area contributed by atoms with E-state index in [0.717, 1.165) is 22.6 Å². The minimum Gasteiger partial charge on any atom is -0.494 e. The fourth-order valence-corrected chi connectivity index (χ4v) is 4.90. The molecule has 0 radical (unpaired) electrons. The van der Waals surface area contributed by atoms with Crippen molar-refractivity contribution in [2.45, 2.75) is 31.4 Å². The number of ether oxygens (including phenoxy) is 2. The Balaban J connectivity index is 1.42. The van der Waals surface area contributed by atoms with E-state index >= 15 is 0 Å². The van der Waals surface area contributed by atoms with Crippen LogP contribution in [0.5, 0.6) is 5.75 Å². The zero-order valence-corrected chi connectivity index (χ0v) is 20.7. The van der Waals surface area contributed by atoms with E-state index in [-0.39, 0.29) is 30.2 Å². The number of carbonyl (C=O) groups excluding carboxylic acids is 1. The molecular formula is C24H31N9O3. The van der Waals surface area contributed by atoms with Crippen LogP contribution >= 0.6 is 0 Å². The van der Waals surface area contributed by atoms with E-state index in [1.807, 2.05) is 37.4 Å². The Morgan fingerprint density at radius 3 is 2.78 bits per heavy atom. The number of carbonyl (C=O) groups is 1. The highest BCUT2D eigenvalue weighted by molar-refractivity contribution is 5.83. The third kappa shape index (κ3) is 4.70. The third-order valence-corrected chi connectivity index (χ3v) is 6.47. The van der Waals surface area contributed by atoms with Crippen molar-refractivity contribution < 1.29 is 14.3 Å². The van der Waals surface area contributed by atoms with Gasteiger partial charge in [0.05, 0.1) is 43.2 Å². The average Bonchev–Trinajstić information content (AvgIpc) is 3.42. The molecule has 3 aromatic rings. The van der Waals surface area contributed by atoms with Crippen molar-refractivity contribution in [3.8, 4) is 17.1 Å². The lowest BCUT2D eigenvalue weighted by Crippen LogP contribution is -2.60. The second-order valence-corrected chi connectivity index (χ2v) is 8.99. The predicted molar refractivity (Wildman–Crippen MR) is 134 cm³/mol. The molecule has 2 aliphatic rings. The number of fused-ring (bicyclic) bond motifs is 1. The fourth-order valence-electron chi connectivity index (χ4n) is 4.90. The number of nitrogens with one attached hydrogen (secondary N) is 4. The summed E-state index contributed by atoms with van der Waals surface area (Å²) in [4.78, 5) is 21.9. The number of para-hydroxylation sites is 1. The molecule has 36 heavy (non-hydrogen) atoms. The first-order valence-electron chi connectivity index (χ1n) is 11.8. The van der Waals surface area contributed by atoms with E-state index in [4.69, 9.17) is 9.47 Å². The largest absolute Gasteiger partial charge is 0.494 e. The summed E-state index contributed by atoms with van der Waals surface area (Å²) in [7, 11) is 6.85. The van der Waals surface area contributed by atoms with Crippen molar-refractivity contribution in [3.05, 3.63) is 48.4 Å². The third-order valence-electron chi connectivity index (χ3n) is 6.47. The van der Waals surface area contributed by atoms with Gasteiger partial charge >= 0.3 is 0 Å². The molecule has 4 unspecified atom stereocenters. The van der Waals surface area contributed by atoms with Crippen LogP contribution in [0.1, 0.15) is 12.0 Å². The summed E-state index contributed by atoms with van der Waals surface area (Å²) in [6, 6.07) is 9.48. The van der Waals surface area contributed by atoms with Gasteiger partial charge in [-0.3, -0.25) is 19.8 Å². The predicted octanol–water partition coefficient (Wildman–Crippen LogP) is 1.16. The molecule has 0 aliphatic carbocycles. The van der Waals surface area contributed by atoms with Gasteiger partial charge in [0.1, 0.15) is 12.1 Å². The van der Waals surface area contributed by atoms with Crippen LogP contribution in [0.2, 0.25) is 0 Å². The number of benzene rings is 1. The minimum absolute atomic E-state index is 0.0187. The highest BCUT2D eigenvalue weighted by atomic mass is 16.5. The SMILES string of the molecule is COCc1ccnc(NC2CC(Nc3cccc(-c4ncn(C)n4)c3OC)C3C(=O)N(C)NC3N2)c1. The maximum absolute atomic E-state index is 13.1. The molecule has 4 heterocycles. The van der Waals surface area contributed by atoms with Gasteiger partial charge in [0, 0.05) is 39.9 Å². The molecule has 12 heteroatoms. The lowest BCUT2D eigenvalue weighted by molar-refractivity contribution is -0.131. The molecular weight excluding hydrogens is 462 g/mol.